The van der Waals surface area contributed by atoms with Crippen LogP contribution in [0.4, 0.5) is 0 Å². The van der Waals surface area contributed by atoms with Crippen LogP contribution in [0.5, 0.6) is 5.75 Å². The van der Waals surface area contributed by atoms with Crippen LogP contribution in [0.15, 0.2) is 23.1 Å². The molecular formula is C8H8O6S. The molecule has 15 heavy (non-hydrogen) atoms. The van der Waals surface area contributed by atoms with Crippen LogP contribution in [0.3, 0.4) is 0 Å². The topological polar surface area (TPSA) is 101 Å². The van der Waals surface area contributed by atoms with Crippen LogP contribution in [0.25, 0.3) is 0 Å². The SMILES string of the molecule is COS(=O)(=O)c1cc(C(=O)O)ccc1O. The van der Waals surface area contributed by atoms with E-state index in [1.165, 1.54) is 0 Å². The Morgan fingerprint density at radius 2 is 2.00 bits per heavy atom. The van der Waals surface area contributed by atoms with Crippen molar-refractivity contribution in [2.45, 2.75) is 4.90 Å². The highest BCUT2D eigenvalue weighted by Crippen LogP contribution is 2.24. The van der Waals surface area contributed by atoms with E-state index in [1.807, 2.05) is 0 Å². The van der Waals surface area contributed by atoms with Gasteiger partial charge in [-0.15, -0.1) is 0 Å². The van der Waals surface area contributed by atoms with E-state index in [9.17, 15) is 18.3 Å². The number of benzene rings is 1. The monoisotopic (exact) mass is 232 g/mol. The van der Waals surface area contributed by atoms with E-state index >= 15 is 0 Å². The molecule has 2 N–H and O–H groups in total. The Morgan fingerprint density at radius 3 is 2.47 bits per heavy atom. The van der Waals surface area contributed by atoms with Crippen LogP contribution in [-0.4, -0.2) is 31.7 Å². The second kappa shape index (κ2) is 3.87. The minimum Gasteiger partial charge on any atom is -0.506 e. The molecule has 1 aromatic rings. The molecule has 0 saturated carbocycles. The van der Waals surface area contributed by atoms with Crippen molar-refractivity contribution in [3.8, 4) is 5.75 Å². The van der Waals surface area contributed by atoms with Crippen LogP contribution in [-0.2, 0) is 14.3 Å². The van der Waals surface area contributed by atoms with Gasteiger partial charge in [0.05, 0.1) is 12.7 Å². The number of carboxylic acid groups (broad SMARTS) is 1. The van der Waals surface area contributed by atoms with Gasteiger partial charge in [-0.3, -0.25) is 4.18 Å². The summed E-state index contributed by atoms with van der Waals surface area (Å²) in [5.41, 5.74) is -0.247. The van der Waals surface area contributed by atoms with Gasteiger partial charge in [0.1, 0.15) is 10.6 Å². The third-order valence-electron chi connectivity index (χ3n) is 1.70. The quantitative estimate of drug-likeness (QED) is 0.732. The maximum atomic E-state index is 11.2. The molecule has 0 aliphatic carbocycles. The predicted octanol–water partition coefficient (Wildman–Crippen LogP) is 0.426. The van der Waals surface area contributed by atoms with Crippen molar-refractivity contribution in [2.24, 2.45) is 0 Å². The first-order chi connectivity index (χ1) is 6.88. The first-order valence-electron chi connectivity index (χ1n) is 3.75. The first-order valence-corrected chi connectivity index (χ1v) is 5.16. The Morgan fingerprint density at radius 1 is 1.40 bits per heavy atom. The molecule has 0 fully saturated rings. The summed E-state index contributed by atoms with van der Waals surface area (Å²) < 4.78 is 26.6. The van der Waals surface area contributed by atoms with Crippen LogP contribution >= 0.6 is 0 Å². The number of rotatable bonds is 3. The van der Waals surface area contributed by atoms with Gasteiger partial charge in [0.15, 0.2) is 0 Å². The summed E-state index contributed by atoms with van der Waals surface area (Å²) in [4.78, 5) is 10.00. The summed E-state index contributed by atoms with van der Waals surface area (Å²) in [5, 5.41) is 17.9. The smallest absolute Gasteiger partial charge is 0.335 e. The lowest BCUT2D eigenvalue weighted by atomic mass is 10.2. The van der Waals surface area contributed by atoms with Gasteiger partial charge < -0.3 is 10.2 Å². The third kappa shape index (κ3) is 2.25. The summed E-state index contributed by atoms with van der Waals surface area (Å²) in [5.74, 6) is -1.84. The zero-order valence-electron chi connectivity index (χ0n) is 7.67. The number of hydrogen-bond acceptors (Lipinski definition) is 5. The van der Waals surface area contributed by atoms with E-state index in [0.717, 1.165) is 25.3 Å². The van der Waals surface area contributed by atoms with Crippen molar-refractivity contribution in [1.29, 1.82) is 0 Å². The average molecular weight is 232 g/mol. The predicted molar refractivity (Wildman–Crippen MR) is 49.3 cm³/mol. The lowest BCUT2D eigenvalue weighted by molar-refractivity contribution is 0.0696. The highest BCUT2D eigenvalue weighted by Gasteiger charge is 2.20. The van der Waals surface area contributed by atoms with E-state index < -0.39 is 26.7 Å². The molecule has 1 aromatic carbocycles. The van der Waals surface area contributed by atoms with Gasteiger partial charge in [-0.25, -0.2) is 4.79 Å². The van der Waals surface area contributed by atoms with Crippen molar-refractivity contribution in [2.75, 3.05) is 7.11 Å². The Labute approximate surface area is 85.9 Å². The van der Waals surface area contributed by atoms with Gasteiger partial charge in [0.2, 0.25) is 0 Å². The van der Waals surface area contributed by atoms with E-state index in [1.54, 1.807) is 0 Å². The molecule has 6 nitrogen and oxygen atoms in total. The lowest BCUT2D eigenvalue weighted by Gasteiger charge is -2.04. The minimum absolute atomic E-state index is 0.247. The van der Waals surface area contributed by atoms with Gasteiger partial charge in [0, 0.05) is 0 Å². The number of phenols is 1. The van der Waals surface area contributed by atoms with E-state index in [0.29, 0.717) is 0 Å². The van der Waals surface area contributed by atoms with Crippen LogP contribution in [0.2, 0.25) is 0 Å². The molecule has 0 unspecified atom stereocenters. The molecule has 0 aliphatic rings. The Balaban J connectivity index is 3.42. The number of aromatic hydroxyl groups is 1. The van der Waals surface area contributed by atoms with Crippen molar-refractivity contribution >= 4 is 16.1 Å². The molecule has 0 heterocycles. The minimum atomic E-state index is -4.10. The summed E-state index contributed by atoms with van der Waals surface area (Å²) in [6.07, 6.45) is 0. The Hall–Kier alpha value is -1.60. The molecule has 7 heteroatoms. The third-order valence-corrected chi connectivity index (χ3v) is 3.00. The zero-order valence-corrected chi connectivity index (χ0v) is 8.48. The molecule has 0 aromatic heterocycles. The van der Waals surface area contributed by atoms with Gasteiger partial charge >= 0.3 is 5.97 Å². The summed E-state index contributed by atoms with van der Waals surface area (Å²) >= 11 is 0. The molecule has 82 valence electrons. The van der Waals surface area contributed by atoms with Gasteiger partial charge in [-0.05, 0) is 18.2 Å². The molecule has 0 saturated heterocycles. The second-order valence-corrected chi connectivity index (χ2v) is 4.29. The van der Waals surface area contributed by atoms with Crippen molar-refractivity contribution < 1.29 is 27.6 Å². The molecular weight excluding hydrogens is 224 g/mol. The van der Waals surface area contributed by atoms with Gasteiger partial charge in [-0.1, -0.05) is 0 Å². The normalized spacial score (nSPS) is 11.3. The van der Waals surface area contributed by atoms with Gasteiger partial charge in [-0.2, -0.15) is 8.42 Å². The largest absolute Gasteiger partial charge is 0.506 e. The molecule has 0 spiro atoms. The number of aromatic carboxylic acids is 1. The Bertz CT molecular complexity index is 490. The maximum absolute atomic E-state index is 11.2. The summed E-state index contributed by atoms with van der Waals surface area (Å²) in [6.45, 7) is 0. The number of carbonyl (C=O) groups is 1. The molecule has 0 aliphatic heterocycles. The fourth-order valence-corrected chi connectivity index (χ4v) is 1.71. The number of hydrogen-bond donors (Lipinski definition) is 2. The fraction of sp³-hybridized carbons (Fsp3) is 0.125. The number of phenolic OH excluding ortho intramolecular Hbond substituents is 1. The number of carboxylic acids is 1. The first kappa shape index (κ1) is 11.5. The van der Waals surface area contributed by atoms with Crippen molar-refractivity contribution in [3.05, 3.63) is 23.8 Å². The lowest BCUT2D eigenvalue weighted by Crippen LogP contribution is -2.05. The van der Waals surface area contributed by atoms with Crippen LogP contribution in [0.1, 0.15) is 10.4 Å². The zero-order chi connectivity index (χ0) is 11.6. The molecule has 1 rings (SSSR count). The molecule has 0 atom stereocenters. The standard InChI is InChI=1S/C8H8O6S/c1-14-15(12,13)7-4-5(8(10)11)2-3-6(7)9/h2-4,9H,1H3,(H,10,11). The van der Waals surface area contributed by atoms with E-state index in [2.05, 4.69) is 4.18 Å². The summed E-state index contributed by atoms with van der Waals surface area (Å²) in [6, 6.07) is 2.90. The van der Waals surface area contributed by atoms with Crippen LogP contribution in [0, 0.1) is 0 Å². The highest BCUT2D eigenvalue weighted by molar-refractivity contribution is 7.86. The van der Waals surface area contributed by atoms with Crippen molar-refractivity contribution in [3.63, 3.8) is 0 Å². The molecule has 0 radical (unpaired) electrons. The van der Waals surface area contributed by atoms with Crippen LogP contribution < -0.4 is 0 Å². The average Bonchev–Trinajstić information content (AvgIpc) is 2.17. The van der Waals surface area contributed by atoms with Gasteiger partial charge in [0.25, 0.3) is 10.1 Å². The second-order valence-electron chi connectivity index (χ2n) is 2.61. The summed E-state index contributed by atoms with van der Waals surface area (Å²) in [7, 11) is -3.18. The van der Waals surface area contributed by atoms with E-state index in [4.69, 9.17) is 5.11 Å². The molecule has 0 amide bonds. The maximum Gasteiger partial charge on any atom is 0.335 e. The van der Waals surface area contributed by atoms with Crippen molar-refractivity contribution in [1.82, 2.24) is 0 Å². The Kier molecular flexibility index (Phi) is 2.96. The van der Waals surface area contributed by atoms with E-state index in [-0.39, 0.29) is 5.56 Å². The highest BCUT2D eigenvalue weighted by atomic mass is 32.2. The molecule has 0 bridgehead atoms. The fourth-order valence-electron chi connectivity index (χ4n) is 0.937.